The van der Waals surface area contributed by atoms with Crippen LogP contribution < -0.4 is 14.8 Å². The molecule has 0 heterocycles. The van der Waals surface area contributed by atoms with E-state index in [1.54, 1.807) is 44.6 Å². The summed E-state index contributed by atoms with van der Waals surface area (Å²) in [6, 6.07) is 12.6. The SMILES string of the molecule is COc1cc(C)c(CC(=O)Nc2ccccc2C#N)cc1OC. The lowest BCUT2D eigenvalue weighted by atomic mass is 10.0. The van der Waals surface area contributed by atoms with Gasteiger partial charge in [-0.3, -0.25) is 4.79 Å². The molecule has 0 aliphatic carbocycles. The number of para-hydroxylation sites is 1. The summed E-state index contributed by atoms with van der Waals surface area (Å²) in [6.07, 6.45) is 0.186. The molecular formula is C18H18N2O3. The van der Waals surface area contributed by atoms with Crippen LogP contribution in [0.4, 0.5) is 5.69 Å². The smallest absolute Gasteiger partial charge is 0.228 e. The zero-order valence-electron chi connectivity index (χ0n) is 13.3. The van der Waals surface area contributed by atoms with E-state index in [1.165, 1.54) is 0 Å². The van der Waals surface area contributed by atoms with E-state index in [1.807, 2.05) is 13.0 Å². The van der Waals surface area contributed by atoms with Gasteiger partial charge in [-0.15, -0.1) is 0 Å². The average Bonchev–Trinajstić information content (AvgIpc) is 2.56. The van der Waals surface area contributed by atoms with Gasteiger partial charge in [-0.2, -0.15) is 5.26 Å². The minimum atomic E-state index is -0.192. The van der Waals surface area contributed by atoms with Crippen LogP contribution in [0.25, 0.3) is 0 Å². The molecule has 0 fully saturated rings. The lowest BCUT2D eigenvalue weighted by Gasteiger charge is -2.13. The average molecular weight is 310 g/mol. The number of carbonyl (C=O) groups is 1. The third-order valence-corrected chi connectivity index (χ3v) is 3.51. The molecule has 5 nitrogen and oxygen atoms in total. The van der Waals surface area contributed by atoms with Crippen LogP contribution in [-0.4, -0.2) is 20.1 Å². The van der Waals surface area contributed by atoms with Crippen molar-refractivity contribution in [1.29, 1.82) is 5.26 Å². The third-order valence-electron chi connectivity index (χ3n) is 3.51. The second kappa shape index (κ2) is 7.32. The van der Waals surface area contributed by atoms with Gasteiger partial charge in [-0.05, 0) is 42.3 Å². The van der Waals surface area contributed by atoms with Crippen molar-refractivity contribution in [3.8, 4) is 17.6 Å². The molecule has 0 aliphatic rings. The van der Waals surface area contributed by atoms with Crippen LogP contribution in [0.3, 0.4) is 0 Å². The summed E-state index contributed by atoms with van der Waals surface area (Å²) in [6.45, 7) is 1.91. The molecule has 0 unspecified atom stereocenters. The maximum absolute atomic E-state index is 12.3. The molecule has 0 spiro atoms. The van der Waals surface area contributed by atoms with Crippen molar-refractivity contribution in [3.63, 3.8) is 0 Å². The molecule has 0 radical (unpaired) electrons. The standard InChI is InChI=1S/C18H18N2O3/c1-12-8-16(22-2)17(23-3)9-14(12)10-18(21)20-15-7-5-4-6-13(15)11-19/h4-9H,10H2,1-3H3,(H,20,21). The van der Waals surface area contributed by atoms with E-state index in [9.17, 15) is 4.79 Å². The van der Waals surface area contributed by atoms with Crippen LogP contribution in [0.15, 0.2) is 36.4 Å². The fraction of sp³-hybridized carbons (Fsp3) is 0.222. The summed E-state index contributed by atoms with van der Waals surface area (Å²) in [5.74, 6) is 1.02. The van der Waals surface area contributed by atoms with Gasteiger partial charge < -0.3 is 14.8 Å². The van der Waals surface area contributed by atoms with Gasteiger partial charge in [0.05, 0.1) is 31.9 Å². The molecule has 23 heavy (non-hydrogen) atoms. The highest BCUT2D eigenvalue weighted by Crippen LogP contribution is 2.30. The maximum atomic E-state index is 12.3. The molecule has 5 heteroatoms. The monoisotopic (exact) mass is 310 g/mol. The quantitative estimate of drug-likeness (QED) is 0.921. The second-order valence-corrected chi connectivity index (χ2v) is 5.02. The number of methoxy groups -OCH3 is 2. The lowest BCUT2D eigenvalue weighted by Crippen LogP contribution is -2.16. The van der Waals surface area contributed by atoms with Crippen LogP contribution in [-0.2, 0) is 11.2 Å². The first-order valence-electron chi connectivity index (χ1n) is 7.09. The van der Waals surface area contributed by atoms with Crippen molar-refractivity contribution in [2.24, 2.45) is 0 Å². The number of anilines is 1. The molecule has 118 valence electrons. The largest absolute Gasteiger partial charge is 0.493 e. The number of benzene rings is 2. The number of hydrogen-bond donors (Lipinski definition) is 1. The van der Waals surface area contributed by atoms with E-state index in [-0.39, 0.29) is 12.3 Å². The molecule has 0 saturated heterocycles. The van der Waals surface area contributed by atoms with Gasteiger partial charge in [0, 0.05) is 0 Å². The molecule has 0 atom stereocenters. The number of aryl methyl sites for hydroxylation is 1. The highest BCUT2D eigenvalue weighted by molar-refractivity contribution is 5.93. The van der Waals surface area contributed by atoms with Gasteiger partial charge in [-0.1, -0.05) is 12.1 Å². The fourth-order valence-corrected chi connectivity index (χ4v) is 2.27. The Morgan fingerprint density at radius 1 is 1.17 bits per heavy atom. The van der Waals surface area contributed by atoms with Crippen LogP contribution >= 0.6 is 0 Å². The van der Waals surface area contributed by atoms with E-state index in [0.717, 1.165) is 11.1 Å². The van der Waals surface area contributed by atoms with Crippen LogP contribution in [0.2, 0.25) is 0 Å². The topological polar surface area (TPSA) is 71.3 Å². The third kappa shape index (κ3) is 3.80. The summed E-state index contributed by atoms with van der Waals surface area (Å²) in [4.78, 5) is 12.3. The van der Waals surface area contributed by atoms with Crippen LogP contribution in [0.5, 0.6) is 11.5 Å². The Morgan fingerprint density at radius 3 is 2.48 bits per heavy atom. The number of amides is 1. The van der Waals surface area contributed by atoms with Gasteiger partial charge in [0.25, 0.3) is 0 Å². The summed E-state index contributed by atoms with van der Waals surface area (Å²) in [7, 11) is 3.13. The predicted molar refractivity (Wildman–Crippen MR) is 87.8 cm³/mol. The lowest BCUT2D eigenvalue weighted by molar-refractivity contribution is -0.115. The summed E-state index contributed by atoms with van der Waals surface area (Å²) in [5.41, 5.74) is 2.73. The molecule has 0 aliphatic heterocycles. The minimum absolute atomic E-state index is 0.186. The molecule has 0 bridgehead atoms. The van der Waals surface area contributed by atoms with E-state index in [0.29, 0.717) is 22.7 Å². The Labute approximate surface area is 135 Å². The van der Waals surface area contributed by atoms with Crippen molar-refractivity contribution in [2.45, 2.75) is 13.3 Å². The van der Waals surface area contributed by atoms with E-state index in [2.05, 4.69) is 11.4 Å². The zero-order valence-corrected chi connectivity index (χ0v) is 13.3. The number of ether oxygens (including phenoxy) is 2. The first kappa shape index (κ1) is 16.4. The Balaban J connectivity index is 2.19. The number of hydrogen-bond acceptors (Lipinski definition) is 4. The second-order valence-electron chi connectivity index (χ2n) is 5.02. The number of carbonyl (C=O) groups excluding carboxylic acids is 1. The molecule has 2 aromatic carbocycles. The Hall–Kier alpha value is -3.00. The first-order chi connectivity index (χ1) is 11.1. The number of rotatable bonds is 5. The van der Waals surface area contributed by atoms with Gasteiger partial charge in [0.2, 0.25) is 5.91 Å². The van der Waals surface area contributed by atoms with Gasteiger partial charge in [0.15, 0.2) is 11.5 Å². The van der Waals surface area contributed by atoms with Crippen molar-refractivity contribution in [1.82, 2.24) is 0 Å². The Kier molecular flexibility index (Phi) is 5.21. The van der Waals surface area contributed by atoms with E-state index in [4.69, 9.17) is 14.7 Å². The molecule has 1 N–H and O–H groups in total. The number of nitrogens with zero attached hydrogens (tertiary/aromatic N) is 1. The van der Waals surface area contributed by atoms with Gasteiger partial charge in [-0.25, -0.2) is 0 Å². The normalized spacial score (nSPS) is 9.83. The first-order valence-corrected chi connectivity index (χ1v) is 7.09. The van der Waals surface area contributed by atoms with Crippen molar-refractivity contribution in [3.05, 3.63) is 53.1 Å². The highest BCUT2D eigenvalue weighted by atomic mass is 16.5. The molecule has 2 rings (SSSR count). The molecule has 0 aromatic heterocycles. The predicted octanol–water partition coefficient (Wildman–Crippen LogP) is 3.07. The molecule has 0 saturated carbocycles. The van der Waals surface area contributed by atoms with Gasteiger partial charge >= 0.3 is 0 Å². The zero-order chi connectivity index (χ0) is 16.8. The van der Waals surface area contributed by atoms with Crippen molar-refractivity contribution in [2.75, 3.05) is 19.5 Å². The van der Waals surface area contributed by atoms with Crippen LogP contribution in [0, 0.1) is 18.3 Å². The molecular weight excluding hydrogens is 292 g/mol. The number of nitrogens with one attached hydrogen (secondary N) is 1. The van der Waals surface area contributed by atoms with Gasteiger partial charge in [0.1, 0.15) is 6.07 Å². The fourth-order valence-electron chi connectivity index (χ4n) is 2.27. The van der Waals surface area contributed by atoms with Crippen molar-refractivity contribution >= 4 is 11.6 Å². The maximum Gasteiger partial charge on any atom is 0.228 e. The Bertz CT molecular complexity index is 763. The summed E-state index contributed by atoms with van der Waals surface area (Å²) < 4.78 is 10.5. The Morgan fingerprint density at radius 2 is 1.83 bits per heavy atom. The highest BCUT2D eigenvalue weighted by Gasteiger charge is 2.13. The van der Waals surface area contributed by atoms with E-state index >= 15 is 0 Å². The molecule has 2 aromatic rings. The summed E-state index contributed by atoms with van der Waals surface area (Å²) >= 11 is 0. The minimum Gasteiger partial charge on any atom is -0.493 e. The summed E-state index contributed by atoms with van der Waals surface area (Å²) in [5, 5.41) is 11.8. The van der Waals surface area contributed by atoms with E-state index < -0.39 is 0 Å². The van der Waals surface area contributed by atoms with Crippen molar-refractivity contribution < 1.29 is 14.3 Å². The molecule has 1 amide bonds. The van der Waals surface area contributed by atoms with Crippen LogP contribution in [0.1, 0.15) is 16.7 Å². The number of nitriles is 1.